The van der Waals surface area contributed by atoms with Gasteiger partial charge in [-0.1, -0.05) is 6.07 Å². The first-order valence-electron chi connectivity index (χ1n) is 13.6. The molecule has 1 unspecified atom stereocenters. The summed E-state index contributed by atoms with van der Waals surface area (Å²) in [5.41, 5.74) is 5.53. The van der Waals surface area contributed by atoms with Gasteiger partial charge < -0.3 is 14.6 Å². The van der Waals surface area contributed by atoms with E-state index in [4.69, 9.17) is 4.98 Å². The highest BCUT2D eigenvalue weighted by molar-refractivity contribution is 6.05. The van der Waals surface area contributed by atoms with E-state index in [0.29, 0.717) is 24.6 Å². The zero-order valence-corrected chi connectivity index (χ0v) is 21.2. The Kier molecular flexibility index (Phi) is 5.59. The average Bonchev–Trinajstić information content (AvgIpc) is 3.58. The van der Waals surface area contributed by atoms with Crippen LogP contribution in [-0.2, 0) is 22.7 Å². The van der Waals surface area contributed by atoms with Crippen LogP contribution in [0.25, 0.3) is 22.3 Å². The van der Waals surface area contributed by atoms with E-state index >= 15 is 0 Å². The highest BCUT2D eigenvalue weighted by Crippen LogP contribution is 2.39. The Bertz CT molecular complexity index is 1470. The molecule has 3 amide bonds. The lowest BCUT2D eigenvalue weighted by atomic mass is 10.0. The monoisotopic (exact) mass is 513 g/mol. The van der Waals surface area contributed by atoms with E-state index in [1.807, 2.05) is 18.2 Å². The van der Waals surface area contributed by atoms with E-state index in [1.54, 1.807) is 4.90 Å². The molecule has 9 heteroatoms. The molecule has 196 valence electrons. The number of carbonyl (C=O) groups excluding carboxylic acids is 3. The van der Waals surface area contributed by atoms with Crippen molar-refractivity contribution in [2.24, 2.45) is 0 Å². The van der Waals surface area contributed by atoms with Crippen LogP contribution in [0.15, 0.2) is 36.5 Å². The molecule has 2 N–H and O–H groups in total. The molecule has 0 bridgehead atoms. The summed E-state index contributed by atoms with van der Waals surface area (Å²) in [6.07, 6.45) is 6.49. The topological polar surface area (TPSA) is 108 Å². The largest absolute Gasteiger partial charge is 0.393 e. The minimum Gasteiger partial charge on any atom is -0.393 e. The van der Waals surface area contributed by atoms with Crippen molar-refractivity contribution < 1.29 is 19.5 Å². The van der Waals surface area contributed by atoms with Crippen molar-refractivity contribution in [3.63, 3.8) is 0 Å². The molecule has 2 aromatic heterocycles. The molecule has 0 spiro atoms. The van der Waals surface area contributed by atoms with Gasteiger partial charge in [0.15, 0.2) is 0 Å². The standard InChI is InChI=1S/C29H31N5O4/c35-21-7-10-32(11-8-21)15-19-14-24(30-27-22(19)9-12-33(27)20-2-3-20)17-1-4-23-18(13-17)16-34(29(23)38)25-5-6-26(36)31-28(25)37/h1,4,9,12-14,20-21,25,35H,2-3,5-8,10-11,15-16H2,(H,31,36,37). The second kappa shape index (κ2) is 9.03. The number of likely N-dealkylation sites (tertiary alicyclic amines) is 1. The van der Waals surface area contributed by atoms with E-state index in [2.05, 4.69) is 33.1 Å². The first kappa shape index (κ1) is 23.5. The second-order valence-electron chi connectivity index (χ2n) is 11.1. The number of hydrogen-bond acceptors (Lipinski definition) is 6. The number of carbonyl (C=O) groups is 3. The smallest absolute Gasteiger partial charge is 0.255 e. The molecule has 5 heterocycles. The third-order valence-corrected chi connectivity index (χ3v) is 8.48. The predicted molar refractivity (Wildman–Crippen MR) is 140 cm³/mol. The fourth-order valence-electron chi connectivity index (χ4n) is 6.17. The first-order chi connectivity index (χ1) is 18.4. The number of rotatable bonds is 5. The van der Waals surface area contributed by atoms with Crippen molar-refractivity contribution in [3.05, 3.63) is 53.2 Å². The molecule has 3 fully saturated rings. The van der Waals surface area contributed by atoms with Crippen LogP contribution in [0, 0.1) is 0 Å². The number of fused-ring (bicyclic) bond motifs is 2. The van der Waals surface area contributed by atoms with Crippen molar-refractivity contribution in [3.8, 4) is 11.3 Å². The van der Waals surface area contributed by atoms with Gasteiger partial charge in [-0.3, -0.25) is 24.6 Å². The zero-order valence-electron chi connectivity index (χ0n) is 21.2. The number of hydrogen-bond donors (Lipinski definition) is 2. The van der Waals surface area contributed by atoms with Crippen LogP contribution < -0.4 is 5.32 Å². The summed E-state index contributed by atoms with van der Waals surface area (Å²) in [6.45, 7) is 2.90. The SMILES string of the molecule is O=C1CCC(N2Cc3cc(-c4cc(CN5CCC(O)CC5)c5ccn(C6CC6)c5n4)ccc3C2=O)C(=O)N1. The number of aromatic nitrogens is 2. The van der Waals surface area contributed by atoms with Crippen LogP contribution in [0.4, 0.5) is 0 Å². The maximum absolute atomic E-state index is 13.2. The van der Waals surface area contributed by atoms with Gasteiger partial charge in [0, 0.05) is 61.4 Å². The zero-order chi connectivity index (χ0) is 26.0. The van der Waals surface area contributed by atoms with E-state index in [-0.39, 0.29) is 24.3 Å². The molecule has 1 aromatic carbocycles. The van der Waals surface area contributed by atoms with Crippen LogP contribution >= 0.6 is 0 Å². The van der Waals surface area contributed by atoms with Gasteiger partial charge in [-0.25, -0.2) is 4.98 Å². The van der Waals surface area contributed by atoms with Crippen LogP contribution in [0.2, 0.25) is 0 Å². The fourth-order valence-corrected chi connectivity index (χ4v) is 6.17. The molecule has 1 atom stereocenters. The van der Waals surface area contributed by atoms with Gasteiger partial charge in [0.2, 0.25) is 11.8 Å². The van der Waals surface area contributed by atoms with E-state index in [0.717, 1.165) is 54.9 Å². The van der Waals surface area contributed by atoms with Crippen LogP contribution in [-0.4, -0.2) is 67.4 Å². The lowest BCUT2D eigenvalue weighted by Gasteiger charge is -2.29. The number of nitrogens with one attached hydrogen (secondary N) is 1. The highest BCUT2D eigenvalue weighted by Gasteiger charge is 2.39. The third kappa shape index (κ3) is 4.10. The quantitative estimate of drug-likeness (QED) is 0.508. The Morgan fingerprint density at radius 3 is 2.58 bits per heavy atom. The maximum Gasteiger partial charge on any atom is 0.255 e. The summed E-state index contributed by atoms with van der Waals surface area (Å²) >= 11 is 0. The average molecular weight is 514 g/mol. The van der Waals surface area contributed by atoms with Crippen LogP contribution in [0.1, 0.15) is 66.1 Å². The van der Waals surface area contributed by atoms with Crippen molar-refractivity contribution in [2.75, 3.05) is 13.1 Å². The molecule has 1 saturated carbocycles. The van der Waals surface area contributed by atoms with Crippen molar-refractivity contribution in [1.82, 2.24) is 24.7 Å². The first-order valence-corrected chi connectivity index (χ1v) is 13.6. The number of nitrogens with zero attached hydrogens (tertiary/aromatic N) is 4. The lowest BCUT2D eigenvalue weighted by Crippen LogP contribution is -2.52. The lowest BCUT2D eigenvalue weighted by molar-refractivity contribution is -0.136. The maximum atomic E-state index is 13.2. The Hall–Kier alpha value is -3.56. The van der Waals surface area contributed by atoms with E-state index in [9.17, 15) is 19.5 Å². The number of aliphatic hydroxyl groups excluding tert-OH is 1. The number of aliphatic hydroxyl groups is 1. The number of imide groups is 1. The normalized spacial score (nSPS) is 22.8. The van der Waals surface area contributed by atoms with Crippen LogP contribution in [0.3, 0.4) is 0 Å². The summed E-state index contributed by atoms with van der Waals surface area (Å²) in [4.78, 5) is 46.3. The van der Waals surface area contributed by atoms with Gasteiger partial charge in [0.1, 0.15) is 11.7 Å². The predicted octanol–water partition coefficient (Wildman–Crippen LogP) is 2.76. The number of amides is 3. The second-order valence-corrected chi connectivity index (χ2v) is 11.1. The molecule has 1 aliphatic carbocycles. The van der Waals surface area contributed by atoms with Gasteiger partial charge in [0.25, 0.3) is 5.91 Å². The van der Waals surface area contributed by atoms with E-state index < -0.39 is 11.9 Å². The number of pyridine rings is 1. The molecule has 4 aliphatic rings. The molecule has 0 radical (unpaired) electrons. The Morgan fingerprint density at radius 1 is 1.00 bits per heavy atom. The summed E-state index contributed by atoms with van der Waals surface area (Å²) in [5.74, 6) is -0.850. The molecular formula is C29H31N5O4. The van der Waals surface area contributed by atoms with Gasteiger partial charge in [-0.2, -0.15) is 0 Å². The summed E-state index contributed by atoms with van der Waals surface area (Å²) in [5, 5.41) is 13.5. The summed E-state index contributed by atoms with van der Waals surface area (Å²) in [6, 6.07) is 10.0. The molecule has 7 rings (SSSR count). The molecule has 3 aliphatic heterocycles. The molecule has 9 nitrogen and oxygen atoms in total. The summed E-state index contributed by atoms with van der Waals surface area (Å²) in [7, 11) is 0. The molecule has 38 heavy (non-hydrogen) atoms. The minimum absolute atomic E-state index is 0.167. The van der Waals surface area contributed by atoms with Gasteiger partial charge >= 0.3 is 0 Å². The van der Waals surface area contributed by atoms with Gasteiger partial charge in [-0.05, 0) is 67.5 Å². The van der Waals surface area contributed by atoms with Crippen LogP contribution in [0.5, 0.6) is 0 Å². The minimum atomic E-state index is -0.623. The van der Waals surface area contributed by atoms with Gasteiger partial charge in [-0.15, -0.1) is 0 Å². The van der Waals surface area contributed by atoms with Gasteiger partial charge in [0.05, 0.1) is 11.8 Å². The Morgan fingerprint density at radius 2 is 1.82 bits per heavy atom. The van der Waals surface area contributed by atoms with E-state index in [1.165, 1.54) is 23.8 Å². The fraction of sp³-hybridized carbons (Fsp3) is 0.448. The Labute approximate surface area is 220 Å². The highest BCUT2D eigenvalue weighted by atomic mass is 16.3. The molecule has 3 aromatic rings. The Balaban J connectivity index is 1.22. The van der Waals surface area contributed by atoms with Crippen molar-refractivity contribution in [1.29, 1.82) is 0 Å². The third-order valence-electron chi connectivity index (χ3n) is 8.48. The molecule has 2 saturated heterocycles. The molecular weight excluding hydrogens is 482 g/mol. The number of piperidine rings is 2. The van der Waals surface area contributed by atoms with Crippen molar-refractivity contribution >= 4 is 28.8 Å². The van der Waals surface area contributed by atoms with Crippen molar-refractivity contribution in [2.45, 2.75) is 69.8 Å². The number of benzene rings is 1. The summed E-state index contributed by atoms with van der Waals surface area (Å²) < 4.78 is 2.30.